The summed E-state index contributed by atoms with van der Waals surface area (Å²) in [6.07, 6.45) is 1.48. The number of hydrogen-bond acceptors (Lipinski definition) is 6. The zero-order valence-electron chi connectivity index (χ0n) is 14.3. The molecule has 27 heavy (non-hydrogen) atoms. The first-order valence-corrected chi connectivity index (χ1v) is 8.89. The number of cyclic esters (lactones) is 1. The van der Waals surface area contributed by atoms with Gasteiger partial charge in [0.1, 0.15) is 11.5 Å². The van der Waals surface area contributed by atoms with Gasteiger partial charge in [-0.15, -0.1) is 0 Å². The summed E-state index contributed by atoms with van der Waals surface area (Å²) in [7, 11) is 1.49. The minimum atomic E-state index is -0.638. The number of rotatable bonds is 4. The van der Waals surface area contributed by atoms with Gasteiger partial charge in [-0.2, -0.15) is 0 Å². The van der Waals surface area contributed by atoms with Gasteiger partial charge in [0.05, 0.1) is 12.7 Å². The molecule has 0 aliphatic carbocycles. The number of halogens is 2. The molecule has 3 rings (SSSR count). The molecule has 1 aliphatic heterocycles. The smallest absolute Gasteiger partial charge is 0.363 e. The Bertz CT molecular complexity index is 1000. The molecule has 1 heterocycles. The second-order valence-corrected chi connectivity index (χ2v) is 6.81. The lowest BCUT2D eigenvalue weighted by atomic mass is 10.1. The second kappa shape index (κ2) is 7.94. The van der Waals surface area contributed by atoms with Crippen molar-refractivity contribution < 1.29 is 23.8 Å². The molecule has 0 N–H and O–H groups in total. The van der Waals surface area contributed by atoms with Gasteiger partial charge in [0.25, 0.3) is 0 Å². The quantitative estimate of drug-likeness (QED) is 0.393. The molecule has 0 spiro atoms. The number of benzene rings is 2. The molecule has 0 atom stereocenters. The summed E-state index contributed by atoms with van der Waals surface area (Å²) in [5.74, 6) is -0.264. The zero-order chi connectivity index (χ0) is 19.6. The van der Waals surface area contributed by atoms with Crippen LogP contribution in [-0.2, 0) is 14.3 Å². The van der Waals surface area contributed by atoms with E-state index < -0.39 is 11.9 Å². The number of nitrogens with zero attached hydrogens (tertiary/aromatic N) is 1. The molecule has 1 aliphatic rings. The molecular formula is C19H13BrClNO5. The van der Waals surface area contributed by atoms with Crippen molar-refractivity contribution in [3.8, 4) is 11.5 Å². The predicted molar refractivity (Wildman–Crippen MR) is 104 cm³/mol. The zero-order valence-corrected chi connectivity index (χ0v) is 16.6. The minimum absolute atomic E-state index is 0.0542. The third-order valence-corrected chi connectivity index (χ3v) is 4.26. The predicted octanol–water partition coefficient (Wildman–Crippen LogP) is 4.38. The number of ether oxygens (including phenoxy) is 3. The van der Waals surface area contributed by atoms with Gasteiger partial charge in [0, 0.05) is 22.0 Å². The van der Waals surface area contributed by atoms with Crippen molar-refractivity contribution in [1.29, 1.82) is 0 Å². The van der Waals surface area contributed by atoms with Crippen LogP contribution in [-0.4, -0.2) is 24.9 Å². The first kappa shape index (κ1) is 19.1. The number of esters is 2. The summed E-state index contributed by atoms with van der Waals surface area (Å²) < 4.78 is 16.4. The molecule has 138 valence electrons. The Balaban J connectivity index is 2.04. The summed E-state index contributed by atoms with van der Waals surface area (Å²) in [5.41, 5.74) is 1.00. The number of carbonyl (C=O) groups excluding carboxylic acids is 2. The first-order chi connectivity index (χ1) is 12.9. The molecule has 0 bridgehead atoms. The van der Waals surface area contributed by atoms with Crippen molar-refractivity contribution in [3.05, 3.63) is 62.7 Å². The Labute approximate surface area is 168 Å². The lowest BCUT2D eigenvalue weighted by Crippen LogP contribution is -2.07. The van der Waals surface area contributed by atoms with Gasteiger partial charge in [0.15, 0.2) is 5.70 Å². The van der Waals surface area contributed by atoms with Crippen LogP contribution in [0.2, 0.25) is 5.02 Å². The van der Waals surface area contributed by atoms with E-state index in [1.165, 1.54) is 20.1 Å². The summed E-state index contributed by atoms with van der Waals surface area (Å²) in [4.78, 5) is 27.8. The van der Waals surface area contributed by atoms with E-state index in [0.717, 1.165) is 4.47 Å². The Morgan fingerprint density at radius 1 is 1.22 bits per heavy atom. The Kier molecular flexibility index (Phi) is 5.62. The van der Waals surface area contributed by atoms with Crippen molar-refractivity contribution in [3.63, 3.8) is 0 Å². The average molecular weight is 451 g/mol. The van der Waals surface area contributed by atoms with E-state index in [1.807, 2.05) is 0 Å². The van der Waals surface area contributed by atoms with Gasteiger partial charge in [-0.3, -0.25) is 4.79 Å². The molecule has 0 amide bonds. The number of aliphatic imine (C=N–C) groups is 1. The largest absolute Gasteiger partial charge is 0.496 e. The van der Waals surface area contributed by atoms with Crippen LogP contribution in [0.25, 0.3) is 6.08 Å². The van der Waals surface area contributed by atoms with Crippen molar-refractivity contribution in [2.45, 2.75) is 6.92 Å². The summed E-state index contributed by atoms with van der Waals surface area (Å²) in [5, 5.41) is 0.450. The van der Waals surface area contributed by atoms with Gasteiger partial charge in [-0.05, 0) is 42.5 Å². The molecule has 0 saturated heterocycles. The molecule has 0 unspecified atom stereocenters. The average Bonchev–Trinajstić information content (AvgIpc) is 2.97. The highest BCUT2D eigenvalue weighted by atomic mass is 79.9. The summed E-state index contributed by atoms with van der Waals surface area (Å²) in [6.45, 7) is 1.30. The Morgan fingerprint density at radius 3 is 2.67 bits per heavy atom. The standard InChI is InChI=1S/C19H13BrClNO5/c1-10(23)26-16-5-3-12(20)7-11(16)8-15-19(24)27-18(22-15)14-9-13(21)4-6-17(14)25-2/h3-9H,1-2H3/b15-8-. The monoisotopic (exact) mass is 449 g/mol. The highest BCUT2D eigenvalue weighted by Crippen LogP contribution is 2.30. The fraction of sp³-hybridized carbons (Fsp3) is 0.105. The second-order valence-electron chi connectivity index (χ2n) is 5.46. The van der Waals surface area contributed by atoms with Gasteiger partial charge >= 0.3 is 11.9 Å². The lowest BCUT2D eigenvalue weighted by molar-refractivity contribution is -0.132. The lowest BCUT2D eigenvalue weighted by Gasteiger charge is -2.07. The SMILES string of the molecule is COc1ccc(Cl)cc1C1=N/C(=C\c2cc(Br)ccc2OC(C)=O)C(=O)O1. The highest BCUT2D eigenvalue weighted by Gasteiger charge is 2.27. The van der Waals surface area contributed by atoms with E-state index in [-0.39, 0.29) is 11.6 Å². The normalized spacial score (nSPS) is 14.7. The van der Waals surface area contributed by atoms with E-state index in [0.29, 0.717) is 27.6 Å². The van der Waals surface area contributed by atoms with Crippen LogP contribution in [0.5, 0.6) is 11.5 Å². The van der Waals surface area contributed by atoms with Crippen LogP contribution < -0.4 is 9.47 Å². The maximum absolute atomic E-state index is 12.3. The van der Waals surface area contributed by atoms with Crippen LogP contribution in [0, 0.1) is 0 Å². The first-order valence-electron chi connectivity index (χ1n) is 7.72. The van der Waals surface area contributed by atoms with Gasteiger partial charge in [0.2, 0.25) is 5.90 Å². The third kappa shape index (κ3) is 4.37. The molecule has 2 aromatic rings. The highest BCUT2D eigenvalue weighted by molar-refractivity contribution is 9.10. The van der Waals surface area contributed by atoms with Crippen molar-refractivity contribution in [2.75, 3.05) is 7.11 Å². The fourth-order valence-corrected chi connectivity index (χ4v) is 2.95. The third-order valence-electron chi connectivity index (χ3n) is 3.53. The molecule has 0 aromatic heterocycles. The van der Waals surface area contributed by atoms with E-state index in [9.17, 15) is 9.59 Å². The van der Waals surface area contributed by atoms with Crippen molar-refractivity contribution >= 4 is 51.4 Å². The number of hydrogen-bond donors (Lipinski definition) is 0. The van der Waals surface area contributed by atoms with Gasteiger partial charge < -0.3 is 14.2 Å². The topological polar surface area (TPSA) is 74.2 Å². The van der Waals surface area contributed by atoms with E-state index in [1.54, 1.807) is 36.4 Å². The Hall–Kier alpha value is -2.64. The fourth-order valence-electron chi connectivity index (χ4n) is 2.40. The summed E-state index contributed by atoms with van der Waals surface area (Å²) >= 11 is 9.37. The van der Waals surface area contributed by atoms with E-state index in [2.05, 4.69) is 20.9 Å². The molecule has 0 saturated carbocycles. The van der Waals surface area contributed by atoms with Crippen molar-refractivity contribution in [2.24, 2.45) is 4.99 Å². The number of methoxy groups -OCH3 is 1. The van der Waals surface area contributed by atoms with E-state index >= 15 is 0 Å². The van der Waals surface area contributed by atoms with Gasteiger partial charge in [-0.1, -0.05) is 27.5 Å². The van der Waals surface area contributed by atoms with Crippen LogP contribution in [0.15, 0.2) is 51.6 Å². The van der Waals surface area contributed by atoms with Crippen LogP contribution >= 0.6 is 27.5 Å². The Morgan fingerprint density at radius 2 is 1.96 bits per heavy atom. The molecule has 6 nitrogen and oxygen atoms in total. The van der Waals surface area contributed by atoms with Crippen LogP contribution in [0.1, 0.15) is 18.1 Å². The molecule has 8 heteroatoms. The van der Waals surface area contributed by atoms with Crippen LogP contribution in [0.4, 0.5) is 0 Å². The maximum Gasteiger partial charge on any atom is 0.363 e. The maximum atomic E-state index is 12.3. The molecule has 0 fully saturated rings. The number of carbonyl (C=O) groups is 2. The molecular weight excluding hydrogens is 438 g/mol. The molecule has 0 radical (unpaired) electrons. The van der Waals surface area contributed by atoms with Crippen molar-refractivity contribution in [1.82, 2.24) is 0 Å². The van der Waals surface area contributed by atoms with E-state index in [4.69, 9.17) is 25.8 Å². The summed E-state index contributed by atoms with van der Waals surface area (Å²) in [6, 6.07) is 9.94. The minimum Gasteiger partial charge on any atom is -0.496 e. The van der Waals surface area contributed by atoms with Crippen LogP contribution in [0.3, 0.4) is 0 Å². The molecule has 2 aromatic carbocycles. The van der Waals surface area contributed by atoms with Gasteiger partial charge in [-0.25, -0.2) is 9.79 Å².